The van der Waals surface area contributed by atoms with Gasteiger partial charge in [0.15, 0.2) is 0 Å². The summed E-state index contributed by atoms with van der Waals surface area (Å²) in [5.74, 6) is 0.567. The van der Waals surface area contributed by atoms with Crippen LogP contribution in [0.1, 0.15) is 0 Å². The molecule has 0 spiro atoms. The first-order valence-corrected chi connectivity index (χ1v) is 10.0. The minimum Gasteiger partial charge on any atom is -0.437 e. The molecule has 0 saturated heterocycles. The highest BCUT2D eigenvalue weighted by Crippen LogP contribution is 2.33. The zero-order valence-electron chi connectivity index (χ0n) is 14.0. The van der Waals surface area contributed by atoms with Crippen molar-refractivity contribution in [2.75, 3.05) is 0 Å². The van der Waals surface area contributed by atoms with E-state index < -0.39 is 9.84 Å². The van der Waals surface area contributed by atoms with Crippen LogP contribution < -0.4 is 4.74 Å². The lowest BCUT2D eigenvalue weighted by molar-refractivity contribution is 0.461. The van der Waals surface area contributed by atoms with E-state index in [0.29, 0.717) is 10.9 Å². The van der Waals surface area contributed by atoms with Crippen molar-refractivity contribution in [3.63, 3.8) is 0 Å². The molecule has 0 atom stereocenters. The largest absolute Gasteiger partial charge is 0.437 e. The van der Waals surface area contributed by atoms with E-state index in [9.17, 15) is 8.42 Å². The third kappa shape index (κ3) is 3.52. The summed E-state index contributed by atoms with van der Waals surface area (Å²) < 4.78 is 31.8. The van der Waals surface area contributed by atoms with Gasteiger partial charge in [-0.15, -0.1) is 0 Å². The number of pyridine rings is 1. The normalized spacial score (nSPS) is 11.4. The van der Waals surface area contributed by atoms with Crippen LogP contribution in [0.15, 0.2) is 94.9 Å². The molecular formula is C21H14ClNO3S. The van der Waals surface area contributed by atoms with Crippen molar-refractivity contribution in [1.29, 1.82) is 0 Å². The molecule has 0 amide bonds. The second-order valence-corrected chi connectivity index (χ2v) is 8.23. The second kappa shape index (κ2) is 7.02. The van der Waals surface area contributed by atoms with Crippen molar-refractivity contribution in [3.8, 4) is 11.6 Å². The Hall–Kier alpha value is -2.89. The van der Waals surface area contributed by atoms with Gasteiger partial charge in [-0.1, -0.05) is 48.0 Å². The Morgan fingerprint density at radius 3 is 2.26 bits per heavy atom. The minimum absolute atomic E-state index is 0.105. The molecule has 0 unspecified atom stereocenters. The van der Waals surface area contributed by atoms with Crippen LogP contribution in [-0.4, -0.2) is 13.4 Å². The summed E-state index contributed by atoms with van der Waals surface area (Å²) in [5, 5.41) is 2.14. The monoisotopic (exact) mass is 395 g/mol. The summed E-state index contributed by atoms with van der Waals surface area (Å²) in [4.78, 5) is 4.39. The number of sulfone groups is 1. The van der Waals surface area contributed by atoms with Gasteiger partial charge in [0.1, 0.15) is 5.75 Å². The molecule has 3 aromatic carbocycles. The van der Waals surface area contributed by atoms with Gasteiger partial charge in [0.25, 0.3) is 0 Å². The van der Waals surface area contributed by atoms with Gasteiger partial charge in [-0.3, -0.25) is 0 Å². The van der Waals surface area contributed by atoms with E-state index in [1.807, 2.05) is 24.3 Å². The van der Waals surface area contributed by atoms with Crippen molar-refractivity contribution < 1.29 is 13.2 Å². The maximum Gasteiger partial charge on any atom is 0.219 e. The Kier molecular flexibility index (Phi) is 4.56. The summed E-state index contributed by atoms with van der Waals surface area (Å²) in [7, 11) is -3.72. The zero-order valence-corrected chi connectivity index (χ0v) is 15.6. The van der Waals surface area contributed by atoms with E-state index in [1.54, 1.807) is 42.6 Å². The molecule has 0 aliphatic rings. The van der Waals surface area contributed by atoms with Crippen molar-refractivity contribution in [3.05, 3.63) is 90.1 Å². The highest BCUT2D eigenvalue weighted by Gasteiger charge is 2.20. The predicted molar refractivity (Wildman–Crippen MR) is 105 cm³/mol. The molecule has 0 fully saturated rings. The molecule has 6 heteroatoms. The van der Waals surface area contributed by atoms with Crippen molar-refractivity contribution in [2.24, 2.45) is 0 Å². The number of rotatable bonds is 4. The molecule has 0 aliphatic carbocycles. The number of hydrogen-bond acceptors (Lipinski definition) is 4. The van der Waals surface area contributed by atoms with Gasteiger partial charge in [0.2, 0.25) is 15.7 Å². The van der Waals surface area contributed by atoms with Gasteiger partial charge in [-0.05, 0) is 41.1 Å². The van der Waals surface area contributed by atoms with Crippen LogP contribution in [0.3, 0.4) is 0 Å². The number of halogens is 1. The standard InChI is InChI=1S/C21H14ClNO3S/c22-19-11-10-18(14-20(19)26-21-7-3-4-12-23-21)27(24,25)17-9-8-15-5-1-2-6-16(15)13-17/h1-14H. The molecule has 0 saturated carbocycles. The number of hydrogen-bond donors (Lipinski definition) is 0. The van der Waals surface area contributed by atoms with Gasteiger partial charge in [-0.25, -0.2) is 13.4 Å². The lowest BCUT2D eigenvalue weighted by Crippen LogP contribution is -2.02. The third-order valence-electron chi connectivity index (χ3n) is 4.10. The van der Waals surface area contributed by atoms with E-state index in [0.717, 1.165) is 10.8 Å². The Labute approximate surface area is 161 Å². The maximum atomic E-state index is 13.1. The maximum absolute atomic E-state index is 13.1. The van der Waals surface area contributed by atoms with E-state index >= 15 is 0 Å². The van der Waals surface area contributed by atoms with E-state index in [-0.39, 0.29) is 15.5 Å². The highest BCUT2D eigenvalue weighted by molar-refractivity contribution is 7.91. The van der Waals surface area contributed by atoms with Crippen LogP contribution in [0.4, 0.5) is 0 Å². The van der Waals surface area contributed by atoms with Crippen molar-refractivity contribution in [1.82, 2.24) is 4.98 Å². The van der Waals surface area contributed by atoms with Crippen LogP contribution in [0, 0.1) is 0 Å². The molecule has 0 radical (unpaired) electrons. The smallest absolute Gasteiger partial charge is 0.219 e. The van der Waals surface area contributed by atoms with Crippen LogP contribution in [0.2, 0.25) is 5.02 Å². The fourth-order valence-electron chi connectivity index (χ4n) is 2.72. The topological polar surface area (TPSA) is 56.3 Å². The Balaban J connectivity index is 1.75. The number of aromatic nitrogens is 1. The first kappa shape index (κ1) is 17.5. The minimum atomic E-state index is -3.72. The molecule has 0 N–H and O–H groups in total. The van der Waals surface area contributed by atoms with Crippen molar-refractivity contribution >= 4 is 32.2 Å². The summed E-state index contributed by atoms with van der Waals surface area (Å²) in [6, 6.07) is 22.3. The Morgan fingerprint density at radius 2 is 1.48 bits per heavy atom. The van der Waals surface area contributed by atoms with Crippen LogP contribution >= 0.6 is 11.6 Å². The van der Waals surface area contributed by atoms with E-state index in [2.05, 4.69) is 4.98 Å². The Morgan fingerprint density at radius 1 is 0.778 bits per heavy atom. The van der Waals surface area contributed by atoms with E-state index in [1.165, 1.54) is 18.2 Å². The molecule has 1 aromatic heterocycles. The molecule has 4 nitrogen and oxygen atoms in total. The van der Waals surface area contributed by atoms with E-state index in [4.69, 9.17) is 16.3 Å². The lowest BCUT2D eigenvalue weighted by Gasteiger charge is -2.10. The first-order chi connectivity index (χ1) is 13.0. The number of ether oxygens (including phenoxy) is 1. The molecule has 4 aromatic rings. The van der Waals surface area contributed by atoms with Gasteiger partial charge in [0, 0.05) is 18.3 Å². The van der Waals surface area contributed by atoms with Crippen LogP contribution in [-0.2, 0) is 9.84 Å². The molecule has 4 rings (SSSR count). The average Bonchev–Trinajstić information content (AvgIpc) is 2.70. The van der Waals surface area contributed by atoms with Gasteiger partial charge in [0.05, 0.1) is 14.8 Å². The number of benzene rings is 3. The van der Waals surface area contributed by atoms with Gasteiger partial charge in [-0.2, -0.15) is 0 Å². The predicted octanol–water partition coefficient (Wildman–Crippen LogP) is 5.51. The SMILES string of the molecule is O=S(=O)(c1ccc(Cl)c(Oc2ccccn2)c1)c1ccc2ccccc2c1. The molecular weight excluding hydrogens is 382 g/mol. The van der Waals surface area contributed by atoms with Gasteiger partial charge >= 0.3 is 0 Å². The molecule has 134 valence electrons. The quantitative estimate of drug-likeness (QED) is 0.457. The molecule has 0 aliphatic heterocycles. The van der Waals surface area contributed by atoms with Crippen LogP contribution in [0.5, 0.6) is 11.6 Å². The summed E-state index contributed by atoms with van der Waals surface area (Å²) in [5.41, 5.74) is 0. The molecule has 0 bridgehead atoms. The second-order valence-electron chi connectivity index (χ2n) is 5.87. The summed E-state index contributed by atoms with van der Waals surface area (Å²) >= 11 is 6.17. The summed E-state index contributed by atoms with van der Waals surface area (Å²) in [6.45, 7) is 0. The van der Waals surface area contributed by atoms with Crippen molar-refractivity contribution in [2.45, 2.75) is 9.79 Å². The zero-order chi connectivity index (χ0) is 18.9. The number of fused-ring (bicyclic) bond motifs is 1. The fraction of sp³-hybridized carbons (Fsp3) is 0. The van der Waals surface area contributed by atoms with Crippen LogP contribution in [0.25, 0.3) is 10.8 Å². The number of nitrogens with zero attached hydrogens (tertiary/aromatic N) is 1. The van der Waals surface area contributed by atoms with Gasteiger partial charge < -0.3 is 4.74 Å². The fourth-order valence-corrected chi connectivity index (χ4v) is 4.19. The lowest BCUT2D eigenvalue weighted by atomic mass is 10.1. The first-order valence-electron chi connectivity index (χ1n) is 8.16. The average molecular weight is 396 g/mol. The Bertz CT molecular complexity index is 1220. The molecule has 1 heterocycles. The molecule has 27 heavy (non-hydrogen) atoms. The summed E-state index contributed by atoms with van der Waals surface area (Å²) in [6.07, 6.45) is 1.58. The highest BCUT2D eigenvalue weighted by atomic mass is 35.5. The third-order valence-corrected chi connectivity index (χ3v) is 6.16.